The normalized spacial score (nSPS) is 11.8. The lowest BCUT2D eigenvalue weighted by molar-refractivity contribution is -0.384. The first-order chi connectivity index (χ1) is 12.9. The maximum atomic E-state index is 12.2. The molecule has 27 heavy (non-hydrogen) atoms. The quantitative estimate of drug-likeness (QED) is 0.370. The lowest BCUT2D eigenvalue weighted by Gasteiger charge is -2.10. The minimum atomic E-state index is -0.708. The number of hydrogen-bond acceptors (Lipinski definition) is 7. The fourth-order valence-corrected chi connectivity index (χ4v) is 2.49. The van der Waals surface area contributed by atoms with Crippen LogP contribution in [0.2, 0.25) is 0 Å². The molecule has 0 fully saturated rings. The van der Waals surface area contributed by atoms with Gasteiger partial charge >= 0.3 is 5.97 Å². The van der Waals surface area contributed by atoms with E-state index >= 15 is 0 Å². The molecule has 0 saturated heterocycles. The van der Waals surface area contributed by atoms with Crippen molar-refractivity contribution in [1.82, 2.24) is 10.2 Å². The zero-order valence-electron chi connectivity index (χ0n) is 14.8. The number of hydrogen-bond donors (Lipinski definition) is 0. The number of nitro groups is 1. The third-order valence-corrected chi connectivity index (χ3v) is 4.02. The topological polar surface area (TPSA) is 108 Å². The summed E-state index contributed by atoms with van der Waals surface area (Å²) < 4.78 is 10.9. The van der Waals surface area contributed by atoms with E-state index in [2.05, 4.69) is 10.2 Å². The van der Waals surface area contributed by atoms with Crippen LogP contribution in [0.5, 0.6) is 0 Å². The molecule has 0 spiro atoms. The average molecular weight is 367 g/mol. The molecule has 2 aromatic carbocycles. The van der Waals surface area contributed by atoms with Gasteiger partial charge in [-0.05, 0) is 37.1 Å². The maximum absolute atomic E-state index is 12.2. The van der Waals surface area contributed by atoms with Crippen LogP contribution in [0.1, 0.15) is 30.0 Å². The van der Waals surface area contributed by atoms with Crippen molar-refractivity contribution in [1.29, 1.82) is 0 Å². The Hall–Kier alpha value is -3.55. The molecule has 0 amide bonds. The second kappa shape index (κ2) is 7.77. The summed E-state index contributed by atoms with van der Waals surface area (Å²) in [6, 6.07) is 13.3. The molecule has 0 bridgehead atoms. The zero-order valence-corrected chi connectivity index (χ0v) is 14.8. The van der Waals surface area contributed by atoms with E-state index in [1.54, 1.807) is 6.92 Å². The van der Waals surface area contributed by atoms with E-state index in [9.17, 15) is 14.9 Å². The van der Waals surface area contributed by atoms with Gasteiger partial charge in [-0.25, -0.2) is 0 Å². The van der Waals surface area contributed by atoms with Crippen molar-refractivity contribution in [3.05, 3.63) is 75.7 Å². The summed E-state index contributed by atoms with van der Waals surface area (Å²) >= 11 is 0. The molecule has 1 aromatic heterocycles. The van der Waals surface area contributed by atoms with Crippen LogP contribution in [0.25, 0.3) is 11.5 Å². The maximum Gasteiger partial charge on any atom is 0.311 e. The minimum Gasteiger partial charge on any atom is -0.452 e. The summed E-state index contributed by atoms with van der Waals surface area (Å²) in [5, 5.41) is 18.5. The van der Waals surface area contributed by atoms with Gasteiger partial charge in [0.1, 0.15) is 0 Å². The highest BCUT2D eigenvalue weighted by atomic mass is 16.6. The third-order valence-electron chi connectivity index (χ3n) is 4.02. The molecule has 3 aromatic rings. The SMILES string of the molecule is Cc1ccccc1CC(=O)O[C@@H](C)c1nnc(-c2ccc([N+](=O)[O-])cc2)o1. The average Bonchev–Trinajstić information content (AvgIpc) is 3.14. The molecular formula is C19H17N3O5. The van der Waals surface area contributed by atoms with Crippen LogP contribution in [0.4, 0.5) is 5.69 Å². The molecule has 0 radical (unpaired) electrons. The Kier molecular flexibility index (Phi) is 5.25. The molecule has 1 atom stereocenters. The van der Waals surface area contributed by atoms with Crippen LogP contribution >= 0.6 is 0 Å². The molecule has 8 heteroatoms. The predicted molar refractivity (Wildman–Crippen MR) is 95.8 cm³/mol. The van der Waals surface area contributed by atoms with Crippen LogP contribution in [0.15, 0.2) is 52.9 Å². The number of esters is 1. The summed E-state index contributed by atoms with van der Waals surface area (Å²) in [6.45, 7) is 3.57. The number of aryl methyl sites for hydroxylation is 1. The number of benzene rings is 2. The van der Waals surface area contributed by atoms with Crippen molar-refractivity contribution in [2.45, 2.75) is 26.4 Å². The van der Waals surface area contributed by atoms with E-state index in [-0.39, 0.29) is 23.9 Å². The zero-order chi connectivity index (χ0) is 19.4. The van der Waals surface area contributed by atoms with E-state index in [1.165, 1.54) is 24.3 Å². The Balaban J connectivity index is 1.66. The number of aromatic nitrogens is 2. The van der Waals surface area contributed by atoms with Crippen LogP contribution in [0.3, 0.4) is 0 Å². The summed E-state index contributed by atoms with van der Waals surface area (Å²) in [5.74, 6) is -0.0462. The minimum absolute atomic E-state index is 0.0306. The predicted octanol–water partition coefficient (Wildman–Crippen LogP) is 3.80. The number of nitro benzene ring substituents is 1. The Morgan fingerprint density at radius 3 is 2.56 bits per heavy atom. The third kappa shape index (κ3) is 4.35. The lowest BCUT2D eigenvalue weighted by Crippen LogP contribution is -2.12. The standard InChI is InChI=1S/C19H17N3O5/c1-12-5-3-4-6-15(12)11-17(23)26-13(2)18-20-21-19(27-18)14-7-9-16(10-8-14)22(24)25/h3-10,13H,11H2,1-2H3/t13-/m0/s1. The van der Waals surface area contributed by atoms with Gasteiger partial charge in [-0.3, -0.25) is 14.9 Å². The molecule has 0 saturated carbocycles. The number of ether oxygens (including phenoxy) is 1. The van der Waals surface area contributed by atoms with Gasteiger partial charge < -0.3 is 9.15 Å². The van der Waals surface area contributed by atoms with Gasteiger partial charge in [-0.2, -0.15) is 0 Å². The first-order valence-corrected chi connectivity index (χ1v) is 8.26. The second-order valence-electron chi connectivity index (χ2n) is 5.98. The number of carbonyl (C=O) groups is 1. The summed E-state index contributed by atoms with van der Waals surface area (Å²) in [5.41, 5.74) is 2.42. The molecule has 0 unspecified atom stereocenters. The number of rotatable bonds is 6. The van der Waals surface area contributed by atoms with Gasteiger partial charge in [0.15, 0.2) is 6.10 Å². The molecule has 0 N–H and O–H groups in total. The van der Waals surface area contributed by atoms with Crippen molar-refractivity contribution in [2.75, 3.05) is 0 Å². The van der Waals surface area contributed by atoms with Crippen LogP contribution in [0, 0.1) is 17.0 Å². The summed E-state index contributed by atoms with van der Waals surface area (Å²) in [7, 11) is 0. The molecule has 0 aliphatic carbocycles. The Morgan fingerprint density at radius 2 is 1.89 bits per heavy atom. The van der Waals surface area contributed by atoms with E-state index < -0.39 is 17.0 Å². The first kappa shape index (κ1) is 18.2. The van der Waals surface area contributed by atoms with Crippen LogP contribution in [-0.4, -0.2) is 21.1 Å². The van der Waals surface area contributed by atoms with Crippen LogP contribution < -0.4 is 0 Å². The highest BCUT2D eigenvalue weighted by Crippen LogP contribution is 2.24. The van der Waals surface area contributed by atoms with Gasteiger partial charge in [0.25, 0.3) is 11.6 Å². The van der Waals surface area contributed by atoms with Gasteiger partial charge in [-0.15, -0.1) is 10.2 Å². The lowest BCUT2D eigenvalue weighted by atomic mass is 10.1. The smallest absolute Gasteiger partial charge is 0.311 e. The molecule has 0 aliphatic heterocycles. The van der Waals surface area contributed by atoms with E-state index in [0.29, 0.717) is 5.56 Å². The van der Waals surface area contributed by atoms with Gasteiger partial charge in [0, 0.05) is 17.7 Å². The van der Waals surface area contributed by atoms with Gasteiger partial charge in [0.05, 0.1) is 11.3 Å². The van der Waals surface area contributed by atoms with Crippen molar-refractivity contribution in [3.8, 4) is 11.5 Å². The number of nitrogens with zero attached hydrogens (tertiary/aromatic N) is 3. The second-order valence-corrected chi connectivity index (χ2v) is 5.98. The largest absolute Gasteiger partial charge is 0.452 e. The number of carbonyl (C=O) groups excluding carboxylic acids is 1. The fraction of sp³-hybridized carbons (Fsp3) is 0.211. The van der Waals surface area contributed by atoms with Gasteiger partial charge in [-0.1, -0.05) is 24.3 Å². The molecule has 138 valence electrons. The highest BCUT2D eigenvalue weighted by Gasteiger charge is 2.20. The van der Waals surface area contributed by atoms with E-state index in [1.807, 2.05) is 31.2 Å². The van der Waals surface area contributed by atoms with E-state index in [0.717, 1.165) is 11.1 Å². The van der Waals surface area contributed by atoms with E-state index in [4.69, 9.17) is 9.15 Å². The summed E-state index contributed by atoms with van der Waals surface area (Å²) in [6.07, 6.45) is -0.554. The first-order valence-electron chi connectivity index (χ1n) is 8.26. The van der Waals surface area contributed by atoms with Crippen molar-refractivity contribution < 1.29 is 18.9 Å². The van der Waals surface area contributed by atoms with Crippen LogP contribution in [-0.2, 0) is 16.0 Å². The van der Waals surface area contributed by atoms with Crippen molar-refractivity contribution >= 4 is 11.7 Å². The molecular weight excluding hydrogens is 350 g/mol. The molecule has 8 nitrogen and oxygen atoms in total. The van der Waals surface area contributed by atoms with Gasteiger partial charge in [0.2, 0.25) is 5.89 Å². The summed E-state index contributed by atoms with van der Waals surface area (Å²) in [4.78, 5) is 22.4. The Bertz CT molecular complexity index is 965. The molecule has 3 rings (SSSR count). The Labute approximate surface area is 155 Å². The monoisotopic (exact) mass is 367 g/mol. The van der Waals surface area contributed by atoms with Crippen molar-refractivity contribution in [3.63, 3.8) is 0 Å². The number of non-ortho nitro benzene ring substituents is 1. The fourth-order valence-electron chi connectivity index (χ4n) is 2.49. The molecule has 1 heterocycles. The Morgan fingerprint density at radius 1 is 1.19 bits per heavy atom. The molecule has 0 aliphatic rings. The highest BCUT2D eigenvalue weighted by molar-refractivity contribution is 5.73. The van der Waals surface area contributed by atoms with Crippen molar-refractivity contribution in [2.24, 2.45) is 0 Å².